The molecule has 0 atom stereocenters. The monoisotopic (exact) mass is 430 g/mol. The van der Waals surface area contributed by atoms with Crippen molar-refractivity contribution >= 4 is 40.4 Å². The number of nitrogens with one attached hydrogen (secondary N) is 1. The van der Waals surface area contributed by atoms with Crippen LogP contribution in [0.25, 0.3) is 5.57 Å². The van der Waals surface area contributed by atoms with Crippen LogP contribution >= 0.6 is 11.6 Å². The molecular weight excluding hydrogens is 408 g/mol. The fraction of sp³-hybridized carbons (Fsp3) is 0.154. The van der Waals surface area contributed by atoms with Gasteiger partial charge in [0.2, 0.25) is 0 Å². The van der Waals surface area contributed by atoms with Crippen molar-refractivity contribution in [3.8, 4) is 0 Å². The molecule has 3 aromatic carbocycles. The van der Waals surface area contributed by atoms with E-state index in [4.69, 9.17) is 11.6 Å². The summed E-state index contributed by atoms with van der Waals surface area (Å²) < 4.78 is 0. The number of hydrogen-bond acceptors (Lipinski definition) is 3. The Morgan fingerprint density at radius 1 is 0.742 bits per heavy atom. The number of carbonyl (C=O) groups is 2. The van der Waals surface area contributed by atoms with Crippen LogP contribution in [0, 0.1) is 27.7 Å². The van der Waals surface area contributed by atoms with E-state index in [0.717, 1.165) is 27.9 Å². The van der Waals surface area contributed by atoms with Crippen molar-refractivity contribution in [2.75, 3.05) is 10.2 Å². The van der Waals surface area contributed by atoms with Gasteiger partial charge in [-0.05, 0) is 73.7 Å². The highest BCUT2D eigenvalue weighted by Crippen LogP contribution is 2.36. The third-order valence-electron chi connectivity index (χ3n) is 5.70. The van der Waals surface area contributed by atoms with Gasteiger partial charge < -0.3 is 5.32 Å². The average molecular weight is 431 g/mol. The van der Waals surface area contributed by atoms with E-state index in [0.29, 0.717) is 21.8 Å². The highest BCUT2D eigenvalue weighted by molar-refractivity contribution is 6.46. The second kappa shape index (κ2) is 8.05. The third kappa shape index (κ3) is 3.75. The first kappa shape index (κ1) is 20.9. The molecule has 0 saturated carbocycles. The van der Waals surface area contributed by atoms with Gasteiger partial charge in [-0.1, -0.05) is 54.1 Å². The molecule has 0 aromatic heterocycles. The zero-order valence-electron chi connectivity index (χ0n) is 17.9. The number of imide groups is 1. The van der Waals surface area contributed by atoms with Crippen LogP contribution in [0.3, 0.4) is 0 Å². The molecule has 0 radical (unpaired) electrons. The molecule has 4 nitrogen and oxygen atoms in total. The summed E-state index contributed by atoms with van der Waals surface area (Å²) in [4.78, 5) is 28.4. The summed E-state index contributed by atoms with van der Waals surface area (Å²) in [6, 6.07) is 18.7. The lowest BCUT2D eigenvalue weighted by molar-refractivity contribution is -0.120. The Labute approximate surface area is 187 Å². The van der Waals surface area contributed by atoms with Gasteiger partial charge in [0, 0.05) is 10.7 Å². The van der Waals surface area contributed by atoms with E-state index in [2.05, 4.69) is 5.32 Å². The summed E-state index contributed by atoms with van der Waals surface area (Å²) in [7, 11) is 0. The maximum absolute atomic E-state index is 13.6. The molecule has 0 aliphatic carbocycles. The molecule has 0 unspecified atom stereocenters. The Morgan fingerprint density at radius 2 is 1.45 bits per heavy atom. The van der Waals surface area contributed by atoms with E-state index in [1.807, 2.05) is 70.2 Å². The first-order chi connectivity index (χ1) is 14.8. The number of para-hydroxylation sites is 1. The standard InChI is InChI=1S/C26H23ClN2O2/c1-15-9-11-19(13-18(15)4)23-24(28-21-8-6-5-7-16(21)2)26(31)29(25(23)30)22-14-20(27)12-10-17(22)3/h5-14,28H,1-4H3. The minimum Gasteiger partial charge on any atom is -0.350 e. The van der Waals surface area contributed by atoms with Crippen molar-refractivity contribution in [2.24, 2.45) is 0 Å². The quantitative estimate of drug-likeness (QED) is 0.518. The topological polar surface area (TPSA) is 49.4 Å². The summed E-state index contributed by atoms with van der Waals surface area (Å²) >= 11 is 6.19. The minimum absolute atomic E-state index is 0.266. The van der Waals surface area contributed by atoms with Crippen LogP contribution < -0.4 is 10.2 Å². The lowest BCUT2D eigenvalue weighted by atomic mass is 9.99. The van der Waals surface area contributed by atoms with Crippen molar-refractivity contribution in [1.82, 2.24) is 0 Å². The van der Waals surface area contributed by atoms with Gasteiger partial charge in [0.1, 0.15) is 5.70 Å². The fourth-order valence-electron chi connectivity index (χ4n) is 3.70. The molecule has 1 aliphatic rings. The molecule has 0 bridgehead atoms. The number of hydrogen-bond donors (Lipinski definition) is 1. The zero-order valence-corrected chi connectivity index (χ0v) is 18.7. The van der Waals surface area contributed by atoms with Crippen molar-refractivity contribution in [3.63, 3.8) is 0 Å². The zero-order chi connectivity index (χ0) is 22.3. The fourth-order valence-corrected chi connectivity index (χ4v) is 3.87. The molecule has 2 amide bonds. The molecule has 1 heterocycles. The van der Waals surface area contributed by atoms with Gasteiger partial charge in [-0.15, -0.1) is 0 Å². The Bertz CT molecular complexity index is 1260. The van der Waals surface area contributed by atoms with Gasteiger partial charge in [0.15, 0.2) is 0 Å². The number of benzene rings is 3. The highest BCUT2D eigenvalue weighted by atomic mass is 35.5. The van der Waals surface area contributed by atoms with Crippen LogP contribution in [-0.2, 0) is 9.59 Å². The largest absolute Gasteiger partial charge is 0.350 e. The predicted molar refractivity (Wildman–Crippen MR) is 126 cm³/mol. The van der Waals surface area contributed by atoms with Gasteiger partial charge in [0.25, 0.3) is 11.8 Å². The van der Waals surface area contributed by atoms with Crippen LogP contribution in [0.2, 0.25) is 5.02 Å². The Morgan fingerprint density at radius 3 is 2.16 bits per heavy atom. The summed E-state index contributed by atoms with van der Waals surface area (Å²) in [6.45, 7) is 7.82. The predicted octanol–water partition coefficient (Wildman–Crippen LogP) is 5.97. The summed E-state index contributed by atoms with van der Waals surface area (Å²) in [6.07, 6.45) is 0. The number of halogens is 1. The number of rotatable bonds is 4. The minimum atomic E-state index is -0.396. The number of carbonyl (C=O) groups excluding carboxylic acids is 2. The molecule has 0 saturated heterocycles. The molecule has 1 aliphatic heterocycles. The molecular formula is C26H23ClN2O2. The molecule has 156 valence electrons. The van der Waals surface area contributed by atoms with Gasteiger partial charge >= 0.3 is 0 Å². The number of amides is 2. The van der Waals surface area contributed by atoms with Gasteiger partial charge in [-0.2, -0.15) is 0 Å². The first-order valence-corrected chi connectivity index (χ1v) is 10.4. The molecule has 0 fully saturated rings. The summed E-state index contributed by atoms with van der Waals surface area (Å²) in [5.74, 6) is -0.762. The van der Waals surface area contributed by atoms with Crippen LogP contribution in [0.1, 0.15) is 27.8 Å². The lowest BCUT2D eigenvalue weighted by Gasteiger charge is -2.18. The van der Waals surface area contributed by atoms with Crippen LogP contribution in [0.4, 0.5) is 11.4 Å². The van der Waals surface area contributed by atoms with E-state index in [1.54, 1.807) is 18.2 Å². The second-order valence-corrected chi connectivity index (χ2v) is 8.30. The second-order valence-electron chi connectivity index (χ2n) is 7.87. The normalized spacial score (nSPS) is 13.9. The van der Waals surface area contributed by atoms with E-state index < -0.39 is 5.91 Å². The van der Waals surface area contributed by atoms with Crippen LogP contribution in [0.5, 0.6) is 0 Å². The molecule has 4 rings (SSSR count). The van der Waals surface area contributed by atoms with Crippen molar-refractivity contribution < 1.29 is 9.59 Å². The van der Waals surface area contributed by atoms with Gasteiger partial charge in [0.05, 0.1) is 11.3 Å². The molecule has 31 heavy (non-hydrogen) atoms. The van der Waals surface area contributed by atoms with Crippen molar-refractivity contribution in [2.45, 2.75) is 27.7 Å². The third-order valence-corrected chi connectivity index (χ3v) is 5.93. The van der Waals surface area contributed by atoms with E-state index >= 15 is 0 Å². The number of anilines is 2. The van der Waals surface area contributed by atoms with Crippen molar-refractivity contribution in [1.29, 1.82) is 0 Å². The van der Waals surface area contributed by atoms with Gasteiger partial charge in [-0.3, -0.25) is 9.59 Å². The first-order valence-electron chi connectivity index (χ1n) is 10.1. The lowest BCUT2D eigenvalue weighted by Crippen LogP contribution is -2.33. The Balaban J connectivity index is 1.89. The molecule has 1 N–H and O–H groups in total. The van der Waals surface area contributed by atoms with Crippen LogP contribution in [-0.4, -0.2) is 11.8 Å². The molecule has 3 aromatic rings. The van der Waals surface area contributed by atoms with E-state index in [-0.39, 0.29) is 11.6 Å². The number of aryl methyl sites for hydroxylation is 4. The maximum atomic E-state index is 13.6. The smallest absolute Gasteiger partial charge is 0.282 e. The summed E-state index contributed by atoms with van der Waals surface area (Å²) in [5.41, 5.74) is 6.55. The maximum Gasteiger partial charge on any atom is 0.282 e. The molecule has 0 spiro atoms. The Kier molecular flexibility index (Phi) is 5.42. The number of nitrogens with zero attached hydrogens (tertiary/aromatic N) is 1. The summed E-state index contributed by atoms with van der Waals surface area (Å²) in [5, 5.41) is 3.71. The van der Waals surface area contributed by atoms with E-state index in [9.17, 15) is 9.59 Å². The van der Waals surface area contributed by atoms with E-state index in [1.165, 1.54) is 4.90 Å². The average Bonchev–Trinajstić information content (AvgIpc) is 2.97. The van der Waals surface area contributed by atoms with Crippen molar-refractivity contribution in [3.05, 3.63) is 99.2 Å². The molecule has 5 heteroatoms. The SMILES string of the molecule is Cc1ccc(C2=C(Nc3ccccc3C)C(=O)N(c3cc(Cl)ccc3C)C2=O)cc1C. The van der Waals surface area contributed by atoms with Gasteiger partial charge in [-0.25, -0.2) is 4.90 Å². The Hall–Kier alpha value is -3.37. The van der Waals surface area contributed by atoms with Crippen LogP contribution in [0.15, 0.2) is 66.4 Å². The highest BCUT2D eigenvalue weighted by Gasteiger charge is 2.41.